The minimum atomic E-state index is 0. The van der Waals surface area contributed by atoms with Crippen LogP contribution in [0.3, 0.4) is 0 Å². The summed E-state index contributed by atoms with van der Waals surface area (Å²) in [7, 11) is 0. The normalized spacial score (nSPS) is 0. The Hall–Kier alpha value is 1.15. The van der Waals surface area contributed by atoms with Crippen LogP contribution in [-0.4, -0.2) is 21.9 Å². The first kappa shape index (κ1) is 204. The SMILES string of the molecule is O.O.O.O.[W].[Zn]. The Morgan fingerprint density at radius 2 is 0.500 bits per heavy atom. The maximum atomic E-state index is 0. The topological polar surface area (TPSA) is 126 Å². The van der Waals surface area contributed by atoms with Gasteiger partial charge in [0.25, 0.3) is 0 Å². The molecule has 0 heterocycles. The van der Waals surface area contributed by atoms with Crippen LogP contribution in [0.4, 0.5) is 0 Å². The molecule has 0 aromatic carbocycles. The monoisotopic (exact) mass is 320 g/mol. The molecule has 0 atom stereocenters. The first-order chi connectivity index (χ1) is 0. The molecule has 6 heteroatoms. The van der Waals surface area contributed by atoms with Crippen LogP contribution in [0.15, 0.2) is 0 Å². The Balaban J connectivity index is 0. The summed E-state index contributed by atoms with van der Waals surface area (Å²) in [5, 5.41) is 0. The summed E-state index contributed by atoms with van der Waals surface area (Å²) in [5.41, 5.74) is 0. The molecule has 0 spiro atoms. The second-order valence-corrected chi connectivity index (χ2v) is 0. The van der Waals surface area contributed by atoms with Crippen LogP contribution in [0, 0.1) is 0 Å². The van der Waals surface area contributed by atoms with Gasteiger partial charge in [0.05, 0.1) is 0 Å². The average molecular weight is 321 g/mol. The molecule has 0 radical (unpaired) electrons. The van der Waals surface area contributed by atoms with Crippen LogP contribution in [0.25, 0.3) is 0 Å². The molecule has 6 heavy (non-hydrogen) atoms. The van der Waals surface area contributed by atoms with Crippen LogP contribution in [0.2, 0.25) is 0 Å². The zero-order valence-electron chi connectivity index (χ0n) is 3.12. The van der Waals surface area contributed by atoms with Crippen molar-refractivity contribution in [1.82, 2.24) is 0 Å². The summed E-state index contributed by atoms with van der Waals surface area (Å²) >= 11 is 0. The second kappa shape index (κ2) is 123. The van der Waals surface area contributed by atoms with Crippen LogP contribution >= 0.6 is 0 Å². The van der Waals surface area contributed by atoms with Crippen LogP contribution in [0.1, 0.15) is 0 Å². The van der Waals surface area contributed by atoms with E-state index >= 15 is 0 Å². The van der Waals surface area contributed by atoms with Crippen LogP contribution in [0.5, 0.6) is 0 Å². The molecule has 0 amide bonds. The Kier molecular flexibility index (Phi) is 4190. The maximum Gasteiger partial charge on any atom is 0 e. The van der Waals surface area contributed by atoms with Gasteiger partial charge in [0.15, 0.2) is 0 Å². The molecule has 0 aliphatic heterocycles. The summed E-state index contributed by atoms with van der Waals surface area (Å²) in [6.45, 7) is 0. The third kappa shape index (κ3) is 66.9. The second-order valence-electron chi connectivity index (χ2n) is 0. The van der Waals surface area contributed by atoms with Gasteiger partial charge < -0.3 is 21.9 Å². The smallest absolute Gasteiger partial charge is 0 e. The van der Waals surface area contributed by atoms with Gasteiger partial charge >= 0.3 is 0 Å². The molecule has 4 nitrogen and oxygen atoms in total. The van der Waals surface area contributed by atoms with E-state index in [0.717, 1.165) is 0 Å². The van der Waals surface area contributed by atoms with Gasteiger partial charge in [0, 0.05) is 40.5 Å². The van der Waals surface area contributed by atoms with E-state index in [1.54, 1.807) is 0 Å². The largest absolute Gasteiger partial charge is 0.412 e. The van der Waals surface area contributed by atoms with Gasteiger partial charge in [-0.3, -0.25) is 0 Å². The first-order valence-corrected chi connectivity index (χ1v) is 0. The number of hydrogen-bond acceptors (Lipinski definition) is 0. The summed E-state index contributed by atoms with van der Waals surface area (Å²) in [6.07, 6.45) is 0. The van der Waals surface area contributed by atoms with Crippen molar-refractivity contribution >= 4 is 0 Å². The fraction of sp³-hybridized carbons (Fsp3) is 0. The quantitative estimate of drug-likeness (QED) is 0.414. The van der Waals surface area contributed by atoms with E-state index in [4.69, 9.17) is 0 Å². The Labute approximate surface area is 62.6 Å². The first-order valence-electron chi connectivity index (χ1n) is 0. The fourth-order valence-electron chi connectivity index (χ4n) is 0. The van der Waals surface area contributed by atoms with E-state index in [1.165, 1.54) is 0 Å². The zero-order chi connectivity index (χ0) is 0. The molecule has 0 fully saturated rings. The van der Waals surface area contributed by atoms with Crippen molar-refractivity contribution in [1.29, 1.82) is 0 Å². The molecule has 0 aliphatic rings. The average Bonchev–Trinajstić information content (AvgIpc) is 0. The number of hydrogen-bond donors (Lipinski definition) is 0. The molecular weight excluding hydrogens is 313 g/mol. The molecule has 0 saturated carbocycles. The third-order valence-corrected chi connectivity index (χ3v) is 0. The van der Waals surface area contributed by atoms with E-state index in [0.29, 0.717) is 0 Å². The number of rotatable bonds is 0. The van der Waals surface area contributed by atoms with Crippen molar-refractivity contribution in [3.8, 4) is 0 Å². The van der Waals surface area contributed by atoms with E-state index in [2.05, 4.69) is 0 Å². The van der Waals surface area contributed by atoms with Crippen molar-refractivity contribution in [2.24, 2.45) is 0 Å². The van der Waals surface area contributed by atoms with Gasteiger partial charge in [-0.25, -0.2) is 0 Å². The van der Waals surface area contributed by atoms with Gasteiger partial charge in [-0.1, -0.05) is 0 Å². The van der Waals surface area contributed by atoms with E-state index in [9.17, 15) is 0 Å². The van der Waals surface area contributed by atoms with Crippen molar-refractivity contribution in [2.75, 3.05) is 0 Å². The molecule has 0 aromatic rings. The van der Waals surface area contributed by atoms with Crippen molar-refractivity contribution in [2.45, 2.75) is 0 Å². The molecule has 8 N–H and O–H groups in total. The van der Waals surface area contributed by atoms with E-state index < -0.39 is 0 Å². The van der Waals surface area contributed by atoms with Gasteiger partial charge in [0.2, 0.25) is 0 Å². The molecule has 0 rings (SSSR count). The predicted molar refractivity (Wildman–Crippen MR) is 14.5 cm³/mol. The maximum absolute atomic E-state index is 0. The molecule has 0 aliphatic carbocycles. The van der Waals surface area contributed by atoms with Crippen LogP contribution < -0.4 is 0 Å². The van der Waals surface area contributed by atoms with E-state index in [1.807, 2.05) is 0 Å². The van der Waals surface area contributed by atoms with Crippen molar-refractivity contribution in [3.63, 3.8) is 0 Å². The van der Waals surface area contributed by atoms with Crippen LogP contribution in [-0.2, 0) is 40.5 Å². The Bertz CT molecular complexity index is 7.51. The molecule has 40 valence electrons. The van der Waals surface area contributed by atoms with Gasteiger partial charge in [-0.05, 0) is 0 Å². The van der Waals surface area contributed by atoms with E-state index in [-0.39, 0.29) is 62.4 Å². The molecular formula is H8O4WZn. The third-order valence-electron chi connectivity index (χ3n) is 0. The van der Waals surface area contributed by atoms with Gasteiger partial charge in [0.1, 0.15) is 0 Å². The fourth-order valence-corrected chi connectivity index (χ4v) is 0. The molecule has 0 aromatic heterocycles. The van der Waals surface area contributed by atoms with Crippen molar-refractivity contribution in [3.05, 3.63) is 0 Å². The standard InChI is InChI=1S/4H2O.W.Zn/h4*1H2;;. The molecule has 0 unspecified atom stereocenters. The summed E-state index contributed by atoms with van der Waals surface area (Å²) in [5.74, 6) is 0. The van der Waals surface area contributed by atoms with Crippen molar-refractivity contribution < 1.29 is 62.4 Å². The summed E-state index contributed by atoms with van der Waals surface area (Å²) in [4.78, 5) is 0. The molecule has 0 saturated heterocycles. The summed E-state index contributed by atoms with van der Waals surface area (Å²) < 4.78 is 0. The minimum absolute atomic E-state index is 0. The van der Waals surface area contributed by atoms with Gasteiger partial charge in [-0.15, -0.1) is 0 Å². The minimum Gasteiger partial charge on any atom is -0.412 e. The van der Waals surface area contributed by atoms with Gasteiger partial charge in [-0.2, -0.15) is 0 Å². The predicted octanol–water partition coefficient (Wildman–Crippen LogP) is -3.30. The Morgan fingerprint density at radius 1 is 0.500 bits per heavy atom. The summed E-state index contributed by atoms with van der Waals surface area (Å²) in [6, 6.07) is 0. The Morgan fingerprint density at radius 3 is 0.500 bits per heavy atom. The molecule has 0 bridgehead atoms. The zero-order valence-corrected chi connectivity index (χ0v) is 9.02.